The molecule has 0 saturated heterocycles. The van der Waals surface area contributed by atoms with Crippen LogP contribution in [-0.2, 0) is 10.0 Å². The number of halogens is 4. The highest BCUT2D eigenvalue weighted by Gasteiger charge is 2.24. The topological polar surface area (TPSA) is 59.1 Å². The Morgan fingerprint density at radius 3 is 2.45 bits per heavy atom. The molecule has 0 radical (unpaired) electrons. The highest BCUT2D eigenvalue weighted by Crippen LogP contribution is 2.22. The molecule has 9 heteroatoms. The SMILES string of the molecule is O=S(=O)(Nc1cc(Cl)ccn1)c1ccc(F)c(F)c1F. The second-order valence-corrected chi connectivity index (χ2v) is 5.73. The standard InChI is InChI=1S/C11H6ClF3N2O2S/c12-6-3-4-16-9(5-6)17-20(18,19)8-2-1-7(13)10(14)11(8)15/h1-5H,(H,16,17). The summed E-state index contributed by atoms with van der Waals surface area (Å²) in [6.07, 6.45) is 1.22. The van der Waals surface area contributed by atoms with Crippen LogP contribution in [0.4, 0.5) is 19.0 Å². The summed E-state index contributed by atoms with van der Waals surface area (Å²) >= 11 is 5.64. The molecular weight excluding hydrogens is 317 g/mol. The molecule has 2 rings (SSSR count). The average molecular weight is 323 g/mol. The van der Waals surface area contributed by atoms with Gasteiger partial charge < -0.3 is 0 Å². The lowest BCUT2D eigenvalue weighted by Crippen LogP contribution is -2.16. The summed E-state index contributed by atoms with van der Waals surface area (Å²) in [6, 6.07) is 3.70. The maximum Gasteiger partial charge on any atom is 0.266 e. The van der Waals surface area contributed by atoms with Gasteiger partial charge in [-0.2, -0.15) is 0 Å². The lowest BCUT2D eigenvalue weighted by atomic mass is 10.3. The van der Waals surface area contributed by atoms with Crippen LogP contribution < -0.4 is 4.72 Å². The Labute approximate surface area is 117 Å². The molecule has 2 aromatic rings. The molecule has 4 nitrogen and oxygen atoms in total. The lowest BCUT2D eigenvalue weighted by molar-refractivity contribution is 0.432. The zero-order valence-corrected chi connectivity index (χ0v) is 11.1. The van der Waals surface area contributed by atoms with Gasteiger partial charge in [-0.05, 0) is 18.2 Å². The van der Waals surface area contributed by atoms with Crippen LogP contribution in [0.3, 0.4) is 0 Å². The van der Waals surface area contributed by atoms with Crippen LogP contribution in [0.25, 0.3) is 0 Å². The van der Waals surface area contributed by atoms with E-state index in [-0.39, 0.29) is 10.8 Å². The average Bonchev–Trinajstić information content (AvgIpc) is 2.35. The number of hydrogen-bond donors (Lipinski definition) is 1. The van der Waals surface area contributed by atoms with Crippen molar-refractivity contribution in [3.8, 4) is 0 Å². The summed E-state index contributed by atoms with van der Waals surface area (Å²) in [5.41, 5.74) is 0. The van der Waals surface area contributed by atoms with Crippen LogP contribution >= 0.6 is 11.6 Å². The summed E-state index contributed by atoms with van der Waals surface area (Å²) in [7, 11) is -4.45. The molecule has 1 N–H and O–H groups in total. The molecule has 0 saturated carbocycles. The summed E-state index contributed by atoms with van der Waals surface area (Å²) < 4.78 is 64.9. The maximum absolute atomic E-state index is 13.5. The van der Waals surface area contributed by atoms with Gasteiger partial charge in [0.2, 0.25) is 0 Å². The number of anilines is 1. The van der Waals surface area contributed by atoms with Crippen molar-refractivity contribution in [2.75, 3.05) is 4.72 Å². The van der Waals surface area contributed by atoms with Gasteiger partial charge in [0.15, 0.2) is 17.5 Å². The second-order valence-electron chi connectivity index (χ2n) is 3.64. The normalized spacial score (nSPS) is 11.4. The largest absolute Gasteiger partial charge is 0.266 e. The second kappa shape index (κ2) is 5.29. The van der Waals surface area contributed by atoms with Crippen molar-refractivity contribution in [2.45, 2.75) is 4.90 Å². The third-order valence-electron chi connectivity index (χ3n) is 2.25. The Morgan fingerprint density at radius 2 is 1.80 bits per heavy atom. The van der Waals surface area contributed by atoms with E-state index in [1.165, 1.54) is 18.3 Å². The molecule has 0 aliphatic carbocycles. The van der Waals surface area contributed by atoms with Crippen LogP contribution in [0.5, 0.6) is 0 Å². The van der Waals surface area contributed by atoms with Gasteiger partial charge in [-0.1, -0.05) is 11.6 Å². The number of benzene rings is 1. The zero-order valence-electron chi connectivity index (χ0n) is 9.57. The number of rotatable bonds is 3. The molecule has 0 aliphatic rings. The minimum absolute atomic E-state index is 0.179. The van der Waals surface area contributed by atoms with Crippen LogP contribution in [0.2, 0.25) is 5.02 Å². The molecule has 106 valence electrons. The van der Waals surface area contributed by atoms with E-state index in [2.05, 4.69) is 4.98 Å². The van der Waals surface area contributed by atoms with E-state index in [0.717, 1.165) is 0 Å². The van der Waals surface area contributed by atoms with E-state index in [1.54, 1.807) is 0 Å². The molecule has 0 atom stereocenters. The molecule has 0 unspecified atom stereocenters. The van der Waals surface area contributed by atoms with E-state index >= 15 is 0 Å². The first-order valence-corrected chi connectivity index (χ1v) is 6.95. The van der Waals surface area contributed by atoms with Gasteiger partial charge in [0.05, 0.1) is 0 Å². The number of nitrogens with zero attached hydrogens (tertiary/aromatic N) is 1. The van der Waals surface area contributed by atoms with Crippen LogP contribution in [0.1, 0.15) is 0 Å². The molecule has 0 spiro atoms. The highest BCUT2D eigenvalue weighted by atomic mass is 35.5. The van der Waals surface area contributed by atoms with Crippen molar-refractivity contribution < 1.29 is 21.6 Å². The number of pyridine rings is 1. The maximum atomic E-state index is 13.5. The fourth-order valence-electron chi connectivity index (χ4n) is 1.37. The van der Waals surface area contributed by atoms with E-state index in [0.29, 0.717) is 12.1 Å². The van der Waals surface area contributed by atoms with Crippen molar-refractivity contribution in [1.29, 1.82) is 0 Å². The Morgan fingerprint density at radius 1 is 1.10 bits per heavy atom. The van der Waals surface area contributed by atoms with Crippen molar-refractivity contribution >= 4 is 27.4 Å². The van der Waals surface area contributed by atoms with E-state index in [4.69, 9.17) is 11.6 Å². The fraction of sp³-hybridized carbons (Fsp3) is 0. The Balaban J connectivity index is 2.44. The summed E-state index contributed by atoms with van der Waals surface area (Å²) in [6.45, 7) is 0. The van der Waals surface area contributed by atoms with Gasteiger partial charge in [-0.15, -0.1) is 0 Å². The van der Waals surface area contributed by atoms with E-state index < -0.39 is 32.4 Å². The smallest absolute Gasteiger partial charge is 0.263 e. The summed E-state index contributed by atoms with van der Waals surface area (Å²) in [5, 5.41) is 0.198. The van der Waals surface area contributed by atoms with Crippen molar-refractivity contribution in [3.05, 3.63) is 52.9 Å². The van der Waals surface area contributed by atoms with Crippen LogP contribution in [-0.4, -0.2) is 13.4 Å². The van der Waals surface area contributed by atoms with E-state index in [9.17, 15) is 21.6 Å². The van der Waals surface area contributed by atoms with Crippen LogP contribution in [0, 0.1) is 17.5 Å². The first-order chi connectivity index (χ1) is 9.31. The third-order valence-corrected chi connectivity index (χ3v) is 3.86. The molecular formula is C11H6ClF3N2O2S. The molecule has 0 aliphatic heterocycles. The van der Waals surface area contributed by atoms with Crippen LogP contribution in [0.15, 0.2) is 35.4 Å². The Kier molecular flexibility index (Phi) is 3.87. The predicted octanol–water partition coefficient (Wildman–Crippen LogP) is 2.95. The molecule has 0 bridgehead atoms. The van der Waals surface area contributed by atoms with Gasteiger partial charge in [-0.25, -0.2) is 26.6 Å². The number of sulfonamides is 1. The monoisotopic (exact) mass is 322 g/mol. The molecule has 1 aromatic heterocycles. The van der Waals surface area contributed by atoms with Gasteiger partial charge in [0.25, 0.3) is 10.0 Å². The fourth-order valence-corrected chi connectivity index (χ4v) is 2.60. The van der Waals surface area contributed by atoms with Crippen molar-refractivity contribution in [2.24, 2.45) is 0 Å². The first kappa shape index (κ1) is 14.6. The van der Waals surface area contributed by atoms with Crippen molar-refractivity contribution in [1.82, 2.24) is 4.98 Å². The summed E-state index contributed by atoms with van der Waals surface area (Å²) in [5.74, 6) is -5.34. The zero-order chi connectivity index (χ0) is 14.9. The number of aromatic nitrogens is 1. The third kappa shape index (κ3) is 2.86. The Hall–Kier alpha value is -1.80. The van der Waals surface area contributed by atoms with E-state index in [1.807, 2.05) is 4.72 Å². The molecule has 1 aromatic carbocycles. The quantitative estimate of drug-likeness (QED) is 0.884. The van der Waals surface area contributed by atoms with Gasteiger partial charge in [0.1, 0.15) is 10.7 Å². The van der Waals surface area contributed by atoms with Gasteiger partial charge >= 0.3 is 0 Å². The molecule has 20 heavy (non-hydrogen) atoms. The Bertz CT molecular complexity index is 768. The highest BCUT2D eigenvalue weighted by molar-refractivity contribution is 7.92. The number of nitrogens with one attached hydrogen (secondary N) is 1. The first-order valence-electron chi connectivity index (χ1n) is 5.09. The predicted molar refractivity (Wildman–Crippen MR) is 66.4 cm³/mol. The van der Waals surface area contributed by atoms with Crippen molar-refractivity contribution in [3.63, 3.8) is 0 Å². The molecule has 0 amide bonds. The van der Waals surface area contributed by atoms with Gasteiger partial charge in [0, 0.05) is 17.3 Å². The summed E-state index contributed by atoms with van der Waals surface area (Å²) in [4.78, 5) is 2.63. The lowest BCUT2D eigenvalue weighted by Gasteiger charge is -2.08. The molecule has 1 heterocycles. The minimum Gasteiger partial charge on any atom is -0.263 e. The van der Waals surface area contributed by atoms with Gasteiger partial charge in [-0.3, -0.25) is 4.72 Å². The minimum atomic E-state index is -4.45. The molecule has 0 fully saturated rings. The number of hydrogen-bond acceptors (Lipinski definition) is 3.